The molecule has 1 fully saturated rings. The maximum Gasteiger partial charge on any atom is 0.304 e. The molecule has 82 valence electrons. The Kier molecular flexibility index (Phi) is 3.85. The summed E-state index contributed by atoms with van der Waals surface area (Å²) in [5, 5.41) is 8.35. The van der Waals surface area contributed by atoms with E-state index in [2.05, 4.69) is 0 Å². The smallest absolute Gasteiger partial charge is 0.304 e. The fourth-order valence-electron chi connectivity index (χ4n) is 1.11. The van der Waals surface area contributed by atoms with Crippen molar-refractivity contribution in [2.75, 3.05) is 18.9 Å². The lowest BCUT2D eigenvalue weighted by atomic mass is 10.3. The molecule has 7 heteroatoms. The maximum absolute atomic E-state index is 11.4. The molecule has 0 aromatic carbocycles. The van der Waals surface area contributed by atoms with Gasteiger partial charge in [-0.2, -0.15) is 0 Å². The number of hydroxylamine groups is 1. The second kappa shape index (κ2) is 4.72. The standard InChI is InChI=1S/C7H13NO5S/c9-7(10)3-6-14(11,12)8-4-1-2-5-13-8/h1-6H2,(H,9,10). The average molecular weight is 223 g/mol. The maximum atomic E-state index is 11.4. The Balaban J connectivity index is 2.50. The van der Waals surface area contributed by atoms with E-state index in [1.54, 1.807) is 0 Å². The van der Waals surface area contributed by atoms with Crippen LogP contribution in [-0.4, -0.2) is 42.9 Å². The van der Waals surface area contributed by atoms with Crippen LogP contribution in [0, 0.1) is 0 Å². The average Bonchev–Trinajstić information content (AvgIpc) is 2.16. The first-order chi connectivity index (χ1) is 6.52. The minimum absolute atomic E-state index is 0.321. The summed E-state index contributed by atoms with van der Waals surface area (Å²) in [5.74, 6) is -1.52. The molecule has 1 rings (SSSR count). The third kappa shape index (κ3) is 3.24. The molecule has 0 aromatic heterocycles. The summed E-state index contributed by atoms with van der Waals surface area (Å²) in [5.41, 5.74) is 0. The van der Waals surface area contributed by atoms with Crippen molar-refractivity contribution in [3.63, 3.8) is 0 Å². The molecular formula is C7H13NO5S. The van der Waals surface area contributed by atoms with Crippen LogP contribution in [-0.2, 0) is 19.7 Å². The highest BCUT2D eigenvalue weighted by molar-refractivity contribution is 7.88. The third-order valence-corrected chi connectivity index (χ3v) is 3.48. The molecule has 14 heavy (non-hydrogen) atoms. The van der Waals surface area contributed by atoms with E-state index in [1.165, 1.54) is 0 Å². The van der Waals surface area contributed by atoms with E-state index in [1.807, 2.05) is 0 Å². The number of carboxylic acids is 1. The summed E-state index contributed by atoms with van der Waals surface area (Å²) < 4.78 is 23.8. The summed E-state index contributed by atoms with van der Waals surface area (Å²) >= 11 is 0. The number of nitrogens with zero attached hydrogens (tertiary/aromatic N) is 1. The van der Waals surface area contributed by atoms with E-state index in [9.17, 15) is 13.2 Å². The van der Waals surface area contributed by atoms with Crippen LogP contribution >= 0.6 is 0 Å². The Labute approximate surface area is 82.5 Å². The molecule has 6 nitrogen and oxygen atoms in total. The van der Waals surface area contributed by atoms with Crippen LogP contribution < -0.4 is 0 Å². The van der Waals surface area contributed by atoms with E-state index < -0.39 is 21.7 Å². The number of aliphatic carboxylic acids is 1. The molecular weight excluding hydrogens is 210 g/mol. The van der Waals surface area contributed by atoms with Crippen molar-refractivity contribution in [2.45, 2.75) is 19.3 Å². The summed E-state index contributed by atoms with van der Waals surface area (Å²) in [6.07, 6.45) is 1.21. The molecule has 0 spiro atoms. The zero-order valence-electron chi connectivity index (χ0n) is 7.68. The highest BCUT2D eigenvalue weighted by atomic mass is 32.2. The number of hydrogen-bond donors (Lipinski definition) is 1. The minimum atomic E-state index is -3.55. The second-order valence-electron chi connectivity index (χ2n) is 3.03. The fourth-order valence-corrected chi connectivity index (χ4v) is 2.39. The molecule has 0 saturated carbocycles. The summed E-state index contributed by atoms with van der Waals surface area (Å²) in [4.78, 5) is 15.1. The van der Waals surface area contributed by atoms with Gasteiger partial charge in [-0.1, -0.05) is 4.47 Å². The van der Waals surface area contributed by atoms with Gasteiger partial charge in [0.25, 0.3) is 0 Å². The van der Waals surface area contributed by atoms with E-state index >= 15 is 0 Å². The van der Waals surface area contributed by atoms with Gasteiger partial charge in [-0.3, -0.25) is 9.63 Å². The second-order valence-corrected chi connectivity index (χ2v) is 5.01. The predicted octanol–water partition coefficient (Wildman–Crippen LogP) is -0.182. The molecule has 0 bridgehead atoms. The highest BCUT2D eigenvalue weighted by Crippen LogP contribution is 2.12. The van der Waals surface area contributed by atoms with Gasteiger partial charge in [-0.15, -0.1) is 0 Å². The van der Waals surface area contributed by atoms with Crippen molar-refractivity contribution in [1.29, 1.82) is 0 Å². The van der Waals surface area contributed by atoms with Crippen LogP contribution in [0.5, 0.6) is 0 Å². The molecule has 1 aliphatic heterocycles. The lowest BCUT2D eigenvalue weighted by Crippen LogP contribution is -2.37. The number of hydrogen-bond acceptors (Lipinski definition) is 4. The van der Waals surface area contributed by atoms with Crippen molar-refractivity contribution in [2.24, 2.45) is 0 Å². The molecule has 0 radical (unpaired) electrons. The van der Waals surface area contributed by atoms with Crippen LogP contribution in [0.3, 0.4) is 0 Å². The van der Waals surface area contributed by atoms with Gasteiger partial charge in [0.2, 0.25) is 10.0 Å². The van der Waals surface area contributed by atoms with Crippen molar-refractivity contribution >= 4 is 16.0 Å². The zero-order valence-corrected chi connectivity index (χ0v) is 8.49. The van der Waals surface area contributed by atoms with Crippen molar-refractivity contribution < 1.29 is 23.2 Å². The zero-order chi connectivity index (χ0) is 10.6. The van der Waals surface area contributed by atoms with Gasteiger partial charge in [-0.05, 0) is 12.8 Å². The highest BCUT2D eigenvalue weighted by Gasteiger charge is 2.25. The Hall–Kier alpha value is -0.660. The molecule has 0 amide bonds. The normalized spacial score (nSPS) is 19.4. The van der Waals surface area contributed by atoms with Crippen LogP contribution in [0.1, 0.15) is 19.3 Å². The van der Waals surface area contributed by atoms with Gasteiger partial charge in [0.15, 0.2) is 0 Å². The first kappa shape index (κ1) is 11.4. The fraction of sp³-hybridized carbons (Fsp3) is 0.857. The predicted molar refractivity (Wildman–Crippen MR) is 47.9 cm³/mol. The Morgan fingerprint density at radius 3 is 2.64 bits per heavy atom. The molecule has 1 aliphatic rings. The SMILES string of the molecule is O=C(O)CCS(=O)(=O)N1CCCCO1. The number of rotatable bonds is 4. The van der Waals surface area contributed by atoms with Crippen molar-refractivity contribution in [3.05, 3.63) is 0 Å². The first-order valence-corrected chi connectivity index (χ1v) is 5.98. The van der Waals surface area contributed by atoms with E-state index in [4.69, 9.17) is 9.94 Å². The van der Waals surface area contributed by atoms with Crippen LogP contribution in [0.4, 0.5) is 0 Å². The van der Waals surface area contributed by atoms with Gasteiger partial charge < -0.3 is 5.11 Å². The monoisotopic (exact) mass is 223 g/mol. The van der Waals surface area contributed by atoms with Gasteiger partial charge in [0, 0.05) is 6.54 Å². The van der Waals surface area contributed by atoms with Crippen molar-refractivity contribution in [3.8, 4) is 0 Å². The minimum Gasteiger partial charge on any atom is -0.481 e. The molecule has 0 unspecified atom stereocenters. The lowest BCUT2D eigenvalue weighted by molar-refractivity contribution is -0.136. The molecule has 1 saturated heterocycles. The summed E-state index contributed by atoms with van der Waals surface area (Å²) in [6.45, 7) is 0.703. The van der Waals surface area contributed by atoms with Crippen LogP contribution in [0.15, 0.2) is 0 Å². The van der Waals surface area contributed by atoms with E-state index in [0.717, 1.165) is 17.3 Å². The first-order valence-electron chi connectivity index (χ1n) is 4.37. The quantitative estimate of drug-likeness (QED) is 0.714. The molecule has 1 heterocycles. The largest absolute Gasteiger partial charge is 0.481 e. The molecule has 0 aliphatic carbocycles. The Morgan fingerprint density at radius 2 is 2.14 bits per heavy atom. The van der Waals surface area contributed by atoms with Gasteiger partial charge in [-0.25, -0.2) is 8.42 Å². The van der Waals surface area contributed by atoms with Crippen LogP contribution in [0.2, 0.25) is 0 Å². The lowest BCUT2D eigenvalue weighted by Gasteiger charge is -2.24. The van der Waals surface area contributed by atoms with E-state index in [0.29, 0.717) is 13.2 Å². The van der Waals surface area contributed by atoms with Gasteiger partial charge in [0.05, 0.1) is 18.8 Å². The van der Waals surface area contributed by atoms with Crippen LogP contribution in [0.25, 0.3) is 0 Å². The molecule has 0 atom stereocenters. The van der Waals surface area contributed by atoms with Gasteiger partial charge >= 0.3 is 5.97 Å². The number of carboxylic acid groups (broad SMARTS) is 1. The van der Waals surface area contributed by atoms with Gasteiger partial charge in [0.1, 0.15) is 0 Å². The number of sulfonamides is 1. The Bertz CT molecular complexity index is 293. The third-order valence-electron chi connectivity index (χ3n) is 1.85. The van der Waals surface area contributed by atoms with E-state index in [-0.39, 0.29) is 6.42 Å². The Morgan fingerprint density at radius 1 is 1.43 bits per heavy atom. The van der Waals surface area contributed by atoms with Crippen molar-refractivity contribution in [1.82, 2.24) is 4.47 Å². The molecule has 1 N–H and O–H groups in total. The summed E-state index contributed by atoms with van der Waals surface area (Å²) in [7, 11) is -3.55. The number of carbonyl (C=O) groups is 1. The molecule has 0 aromatic rings. The topological polar surface area (TPSA) is 83.9 Å². The summed E-state index contributed by atoms with van der Waals surface area (Å²) in [6, 6.07) is 0.